The van der Waals surface area contributed by atoms with Gasteiger partial charge in [-0.25, -0.2) is 17.5 Å². The number of carboxylic acids is 1. The molecule has 0 aromatic heterocycles. The van der Waals surface area contributed by atoms with Crippen LogP contribution in [0.4, 0.5) is 0 Å². The molecule has 0 heterocycles. The van der Waals surface area contributed by atoms with Crippen molar-refractivity contribution in [3.63, 3.8) is 0 Å². The summed E-state index contributed by atoms with van der Waals surface area (Å²) < 4.78 is 31.2. The number of aromatic carboxylic acids is 1. The van der Waals surface area contributed by atoms with Gasteiger partial charge in [-0.2, -0.15) is 0 Å². The lowest BCUT2D eigenvalue weighted by Gasteiger charge is -2.17. The molecule has 1 N–H and O–H groups in total. The molecule has 0 fully saturated rings. The predicted molar refractivity (Wildman–Crippen MR) is 82.4 cm³/mol. The number of ether oxygens (including phenoxy) is 1. The SMILES string of the molecule is COCCCN(C)S(=O)(=O)c1ccc(I)c(C(=O)O)c1. The first-order chi connectivity index (χ1) is 9.30. The summed E-state index contributed by atoms with van der Waals surface area (Å²) in [5.41, 5.74) is -0.0167. The monoisotopic (exact) mass is 413 g/mol. The molecule has 0 unspecified atom stereocenters. The number of carboxylic acid groups (broad SMARTS) is 1. The average molecular weight is 413 g/mol. The number of halogens is 1. The lowest BCUT2D eigenvalue weighted by atomic mass is 10.2. The van der Waals surface area contributed by atoms with E-state index >= 15 is 0 Å². The van der Waals surface area contributed by atoms with Crippen LogP contribution in [0.25, 0.3) is 0 Å². The van der Waals surface area contributed by atoms with E-state index in [2.05, 4.69) is 0 Å². The van der Waals surface area contributed by atoms with Crippen molar-refractivity contribution in [3.05, 3.63) is 27.3 Å². The summed E-state index contributed by atoms with van der Waals surface area (Å²) in [6.45, 7) is 0.775. The summed E-state index contributed by atoms with van der Waals surface area (Å²) in [5.74, 6) is -1.14. The van der Waals surface area contributed by atoms with Crippen LogP contribution in [0, 0.1) is 3.57 Å². The molecule has 1 aromatic rings. The van der Waals surface area contributed by atoms with Gasteiger partial charge in [-0.3, -0.25) is 0 Å². The van der Waals surface area contributed by atoms with Gasteiger partial charge < -0.3 is 9.84 Å². The fourth-order valence-corrected chi connectivity index (χ4v) is 3.36. The topological polar surface area (TPSA) is 83.9 Å². The molecular weight excluding hydrogens is 397 g/mol. The number of rotatable bonds is 7. The Labute approximate surface area is 131 Å². The van der Waals surface area contributed by atoms with E-state index in [0.29, 0.717) is 23.1 Å². The largest absolute Gasteiger partial charge is 0.478 e. The number of carbonyl (C=O) groups is 1. The van der Waals surface area contributed by atoms with Gasteiger partial charge in [0.2, 0.25) is 10.0 Å². The third kappa shape index (κ3) is 4.14. The van der Waals surface area contributed by atoms with E-state index in [-0.39, 0.29) is 10.5 Å². The Kier molecular flexibility index (Phi) is 6.37. The zero-order chi connectivity index (χ0) is 15.3. The summed E-state index contributed by atoms with van der Waals surface area (Å²) in [6, 6.07) is 4.09. The molecule has 8 heteroatoms. The molecule has 0 amide bonds. The second-order valence-electron chi connectivity index (χ2n) is 4.12. The van der Waals surface area contributed by atoms with Crippen LogP contribution in [0.15, 0.2) is 23.1 Å². The molecular formula is C12H16INO5S. The minimum absolute atomic E-state index is 0.0167. The molecule has 0 saturated heterocycles. The van der Waals surface area contributed by atoms with Crippen LogP contribution in [0.2, 0.25) is 0 Å². The van der Waals surface area contributed by atoms with Crippen LogP contribution >= 0.6 is 22.6 Å². The lowest BCUT2D eigenvalue weighted by Crippen LogP contribution is -2.28. The van der Waals surface area contributed by atoms with Crippen molar-refractivity contribution >= 4 is 38.6 Å². The van der Waals surface area contributed by atoms with Crippen molar-refractivity contribution in [1.29, 1.82) is 0 Å². The van der Waals surface area contributed by atoms with E-state index in [1.54, 1.807) is 7.11 Å². The van der Waals surface area contributed by atoms with Gasteiger partial charge in [-0.1, -0.05) is 0 Å². The van der Waals surface area contributed by atoms with E-state index in [0.717, 1.165) is 0 Å². The molecule has 0 aliphatic carbocycles. The van der Waals surface area contributed by atoms with Crippen molar-refractivity contribution in [2.45, 2.75) is 11.3 Å². The molecule has 0 radical (unpaired) electrons. The highest BCUT2D eigenvalue weighted by molar-refractivity contribution is 14.1. The summed E-state index contributed by atoms with van der Waals surface area (Å²) in [7, 11) is -0.671. The number of nitrogens with zero attached hydrogens (tertiary/aromatic N) is 1. The molecule has 0 saturated carbocycles. The van der Waals surface area contributed by atoms with E-state index in [4.69, 9.17) is 9.84 Å². The molecule has 0 bridgehead atoms. The Morgan fingerprint density at radius 1 is 1.45 bits per heavy atom. The Bertz CT molecular complexity index is 588. The van der Waals surface area contributed by atoms with Crippen molar-refractivity contribution in [3.8, 4) is 0 Å². The Morgan fingerprint density at radius 2 is 2.10 bits per heavy atom. The Hall–Kier alpha value is -0.710. The zero-order valence-electron chi connectivity index (χ0n) is 11.2. The van der Waals surface area contributed by atoms with Crippen LogP contribution in [0.5, 0.6) is 0 Å². The average Bonchev–Trinajstić information content (AvgIpc) is 2.38. The first-order valence-corrected chi connectivity index (χ1v) is 8.30. The van der Waals surface area contributed by atoms with Crippen LogP contribution in [0.1, 0.15) is 16.8 Å². The predicted octanol–water partition coefficient (Wildman–Crippen LogP) is 1.65. The third-order valence-electron chi connectivity index (χ3n) is 2.70. The summed E-state index contributed by atoms with van der Waals surface area (Å²) in [4.78, 5) is 11.0. The van der Waals surface area contributed by atoms with Crippen LogP contribution < -0.4 is 0 Å². The fourth-order valence-electron chi connectivity index (χ4n) is 1.56. The van der Waals surface area contributed by atoms with Gasteiger partial charge in [0.1, 0.15) is 0 Å². The van der Waals surface area contributed by atoms with Crippen LogP contribution in [0.3, 0.4) is 0 Å². The van der Waals surface area contributed by atoms with E-state index in [1.807, 2.05) is 22.6 Å². The molecule has 0 aliphatic heterocycles. The van der Waals surface area contributed by atoms with Gasteiger partial charge >= 0.3 is 5.97 Å². The first-order valence-electron chi connectivity index (χ1n) is 5.79. The van der Waals surface area contributed by atoms with E-state index in [9.17, 15) is 13.2 Å². The maximum Gasteiger partial charge on any atom is 0.336 e. The Balaban J connectivity index is 3.03. The van der Waals surface area contributed by atoms with Crippen LogP contribution in [-0.4, -0.2) is 51.1 Å². The van der Waals surface area contributed by atoms with Gasteiger partial charge in [0, 0.05) is 30.9 Å². The molecule has 6 nitrogen and oxygen atoms in total. The van der Waals surface area contributed by atoms with Gasteiger partial charge in [0.15, 0.2) is 0 Å². The van der Waals surface area contributed by atoms with Gasteiger partial charge in [0.25, 0.3) is 0 Å². The standard InChI is InChI=1S/C12H16INO5S/c1-14(6-3-7-19-2)20(17,18)9-4-5-11(13)10(8-9)12(15)16/h4-5,8H,3,6-7H2,1-2H3,(H,15,16). The normalized spacial score (nSPS) is 11.8. The second-order valence-corrected chi connectivity index (χ2v) is 7.33. The van der Waals surface area contributed by atoms with Gasteiger partial charge in [0.05, 0.1) is 10.5 Å². The number of sulfonamides is 1. The minimum atomic E-state index is -3.68. The van der Waals surface area contributed by atoms with E-state index < -0.39 is 16.0 Å². The molecule has 0 aliphatic rings. The van der Waals surface area contributed by atoms with Crippen molar-refractivity contribution < 1.29 is 23.1 Å². The number of benzene rings is 1. The zero-order valence-corrected chi connectivity index (χ0v) is 14.1. The maximum absolute atomic E-state index is 12.3. The Morgan fingerprint density at radius 3 is 2.65 bits per heavy atom. The molecule has 0 atom stereocenters. The van der Waals surface area contributed by atoms with Crippen LogP contribution in [-0.2, 0) is 14.8 Å². The van der Waals surface area contributed by atoms with Crippen molar-refractivity contribution in [2.75, 3.05) is 27.3 Å². The van der Waals surface area contributed by atoms with Gasteiger partial charge in [-0.15, -0.1) is 0 Å². The molecule has 112 valence electrons. The van der Waals surface area contributed by atoms with Crippen molar-refractivity contribution in [2.24, 2.45) is 0 Å². The van der Waals surface area contributed by atoms with Crippen molar-refractivity contribution in [1.82, 2.24) is 4.31 Å². The van der Waals surface area contributed by atoms with E-state index in [1.165, 1.54) is 29.6 Å². The quantitative estimate of drug-likeness (QED) is 0.543. The highest BCUT2D eigenvalue weighted by Gasteiger charge is 2.22. The number of methoxy groups -OCH3 is 1. The number of hydrogen-bond acceptors (Lipinski definition) is 4. The first kappa shape index (κ1) is 17.3. The summed E-state index contributed by atoms with van der Waals surface area (Å²) in [5, 5.41) is 9.04. The van der Waals surface area contributed by atoms with Gasteiger partial charge in [-0.05, 0) is 47.2 Å². The third-order valence-corrected chi connectivity index (χ3v) is 5.49. The molecule has 1 rings (SSSR count). The lowest BCUT2D eigenvalue weighted by molar-refractivity contribution is 0.0695. The molecule has 20 heavy (non-hydrogen) atoms. The minimum Gasteiger partial charge on any atom is -0.478 e. The molecule has 0 spiro atoms. The highest BCUT2D eigenvalue weighted by Crippen LogP contribution is 2.20. The second kappa shape index (κ2) is 7.34. The maximum atomic E-state index is 12.3. The fraction of sp³-hybridized carbons (Fsp3) is 0.417. The number of hydrogen-bond donors (Lipinski definition) is 1. The highest BCUT2D eigenvalue weighted by atomic mass is 127. The molecule has 1 aromatic carbocycles. The smallest absolute Gasteiger partial charge is 0.336 e. The summed E-state index contributed by atoms with van der Waals surface area (Å²) >= 11 is 1.86. The summed E-state index contributed by atoms with van der Waals surface area (Å²) in [6.07, 6.45) is 0.572.